The average Bonchev–Trinajstić information content (AvgIpc) is 3.15. The van der Waals surface area contributed by atoms with Gasteiger partial charge in [0.1, 0.15) is 5.75 Å². The number of benzene rings is 2. The summed E-state index contributed by atoms with van der Waals surface area (Å²) in [6.07, 6.45) is 0. The molecule has 1 aromatic heterocycles. The number of aromatic nitrogens is 4. The topological polar surface area (TPSA) is 88.4 Å². The maximum absolute atomic E-state index is 11.6. The van der Waals surface area contributed by atoms with Gasteiger partial charge in [-0.25, -0.2) is 0 Å². The van der Waals surface area contributed by atoms with Gasteiger partial charge in [0.2, 0.25) is 5.82 Å². The van der Waals surface area contributed by atoms with Crippen molar-refractivity contribution < 1.29 is 19.0 Å². The molecule has 27 heavy (non-hydrogen) atoms. The van der Waals surface area contributed by atoms with E-state index >= 15 is 0 Å². The third-order valence-electron chi connectivity index (χ3n) is 4.09. The maximum atomic E-state index is 11.6. The van der Waals surface area contributed by atoms with Crippen LogP contribution in [0.5, 0.6) is 17.2 Å². The Morgan fingerprint density at radius 3 is 2.33 bits per heavy atom. The lowest BCUT2D eigenvalue weighted by molar-refractivity contribution is 0.101. The van der Waals surface area contributed by atoms with E-state index in [4.69, 9.17) is 14.2 Å². The van der Waals surface area contributed by atoms with Crippen molar-refractivity contribution in [3.8, 4) is 28.6 Å². The molecule has 3 rings (SSSR count). The second kappa shape index (κ2) is 7.86. The number of methoxy groups -OCH3 is 3. The minimum absolute atomic E-state index is 0.0172. The van der Waals surface area contributed by atoms with Gasteiger partial charge in [0, 0.05) is 16.7 Å². The van der Waals surface area contributed by atoms with E-state index in [0.717, 1.165) is 11.1 Å². The first-order valence-corrected chi connectivity index (χ1v) is 8.23. The quantitative estimate of drug-likeness (QED) is 0.592. The fourth-order valence-corrected chi connectivity index (χ4v) is 2.67. The molecule has 0 aliphatic carbocycles. The zero-order valence-electron chi connectivity index (χ0n) is 15.6. The standard InChI is InChI=1S/C19H20N4O4/c1-12(24)13-5-7-16(25-2)15(9-13)11-23-21-19(20-22-23)14-6-8-17(26-3)18(10-14)27-4/h5-10H,11H2,1-4H3. The molecule has 0 unspecified atom stereocenters. The van der Waals surface area contributed by atoms with Crippen molar-refractivity contribution in [3.05, 3.63) is 47.5 Å². The van der Waals surface area contributed by atoms with Crippen LogP contribution < -0.4 is 14.2 Å². The van der Waals surface area contributed by atoms with E-state index in [1.54, 1.807) is 51.7 Å². The molecule has 0 radical (unpaired) electrons. The summed E-state index contributed by atoms with van der Waals surface area (Å²) < 4.78 is 15.9. The molecule has 0 saturated heterocycles. The van der Waals surface area contributed by atoms with Gasteiger partial charge in [-0.3, -0.25) is 4.79 Å². The summed E-state index contributed by atoms with van der Waals surface area (Å²) in [5.74, 6) is 2.31. The Labute approximate surface area is 156 Å². The molecule has 2 aromatic carbocycles. The van der Waals surface area contributed by atoms with Gasteiger partial charge >= 0.3 is 0 Å². The third kappa shape index (κ3) is 3.89. The molecule has 140 valence electrons. The predicted molar refractivity (Wildman–Crippen MR) is 98.5 cm³/mol. The summed E-state index contributed by atoms with van der Waals surface area (Å²) in [4.78, 5) is 13.1. The molecule has 0 aliphatic rings. The van der Waals surface area contributed by atoms with E-state index in [1.165, 1.54) is 11.7 Å². The highest BCUT2D eigenvalue weighted by atomic mass is 16.5. The van der Waals surface area contributed by atoms with Crippen LogP contribution >= 0.6 is 0 Å². The lowest BCUT2D eigenvalue weighted by atomic mass is 10.1. The molecule has 0 atom stereocenters. The summed E-state index contributed by atoms with van der Waals surface area (Å²) in [7, 11) is 4.73. The fourth-order valence-electron chi connectivity index (χ4n) is 2.67. The van der Waals surface area contributed by atoms with Crippen LogP contribution in [0.1, 0.15) is 22.8 Å². The highest BCUT2D eigenvalue weighted by Crippen LogP contribution is 2.30. The smallest absolute Gasteiger partial charge is 0.205 e. The minimum atomic E-state index is -0.0172. The monoisotopic (exact) mass is 368 g/mol. The first kappa shape index (κ1) is 18.4. The molecule has 0 saturated carbocycles. The lowest BCUT2D eigenvalue weighted by Crippen LogP contribution is -2.07. The summed E-state index contributed by atoms with van der Waals surface area (Å²) in [5, 5.41) is 12.6. The van der Waals surface area contributed by atoms with Crippen molar-refractivity contribution in [1.29, 1.82) is 0 Å². The number of ketones is 1. The lowest BCUT2D eigenvalue weighted by Gasteiger charge is -2.09. The van der Waals surface area contributed by atoms with Crippen molar-refractivity contribution >= 4 is 5.78 Å². The van der Waals surface area contributed by atoms with Crippen LogP contribution in [0.25, 0.3) is 11.4 Å². The Hall–Kier alpha value is -3.42. The molecule has 3 aromatic rings. The molecular formula is C19H20N4O4. The number of tetrazole rings is 1. The molecule has 0 N–H and O–H groups in total. The van der Waals surface area contributed by atoms with Gasteiger partial charge in [-0.1, -0.05) is 0 Å². The van der Waals surface area contributed by atoms with Crippen LogP contribution in [0.4, 0.5) is 0 Å². The van der Waals surface area contributed by atoms with Crippen LogP contribution in [-0.2, 0) is 6.54 Å². The highest BCUT2D eigenvalue weighted by molar-refractivity contribution is 5.94. The first-order valence-electron chi connectivity index (χ1n) is 8.23. The van der Waals surface area contributed by atoms with Crippen LogP contribution in [0.2, 0.25) is 0 Å². The van der Waals surface area contributed by atoms with E-state index < -0.39 is 0 Å². The summed E-state index contributed by atoms with van der Waals surface area (Å²) in [6.45, 7) is 1.85. The van der Waals surface area contributed by atoms with E-state index in [9.17, 15) is 4.79 Å². The predicted octanol–water partition coefficient (Wildman–Crippen LogP) is 2.62. The van der Waals surface area contributed by atoms with E-state index in [0.29, 0.717) is 35.2 Å². The molecule has 1 heterocycles. The van der Waals surface area contributed by atoms with Crippen LogP contribution in [0, 0.1) is 0 Å². The number of nitrogens with zero attached hydrogens (tertiary/aromatic N) is 4. The zero-order chi connectivity index (χ0) is 19.4. The molecule has 8 heteroatoms. The molecule has 0 aliphatic heterocycles. The molecule has 8 nitrogen and oxygen atoms in total. The SMILES string of the molecule is COc1ccc(C(C)=O)cc1Cn1nnc(-c2ccc(OC)c(OC)c2)n1. The average molecular weight is 368 g/mol. The van der Waals surface area contributed by atoms with Crippen molar-refractivity contribution in [2.75, 3.05) is 21.3 Å². The maximum Gasteiger partial charge on any atom is 0.205 e. The molecule has 0 bridgehead atoms. The number of hydrogen-bond acceptors (Lipinski definition) is 7. The van der Waals surface area contributed by atoms with Gasteiger partial charge < -0.3 is 14.2 Å². The van der Waals surface area contributed by atoms with Gasteiger partial charge in [0.25, 0.3) is 0 Å². The Balaban J connectivity index is 1.89. The highest BCUT2D eigenvalue weighted by Gasteiger charge is 2.13. The zero-order valence-corrected chi connectivity index (χ0v) is 15.6. The second-order valence-corrected chi connectivity index (χ2v) is 5.80. The van der Waals surface area contributed by atoms with Crippen molar-refractivity contribution in [2.45, 2.75) is 13.5 Å². The van der Waals surface area contributed by atoms with E-state index in [2.05, 4.69) is 15.4 Å². The Bertz CT molecular complexity index is 968. The van der Waals surface area contributed by atoms with E-state index in [-0.39, 0.29) is 5.78 Å². The van der Waals surface area contributed by atoms with Crippen molar-refractivity contribution in [2.24, 2.45) is 0 Å². The minimum Gasteiger partial charge on any atom is -0.496 e. The van der Waals surface area contributed by atoms with Crippen molar-refractivity contribution in [3.63, 3.8) is 0 Å². The summed E-state index contributed by atoms with van der Waals surface area (Å²) >= 11 is 0. The third-order valence-corrected chi connectivity index (χ3v) is 4.09. The number of carbonyl (C=O) groups excluding carboxylic acids is 1. The Morgan fingerprint density at radius 1 is 0.963 bits per heavy atom. The Kier molecular flexibility index (Phi) is 5.35. The molecular weight excluding hydrogens is 348 g/mol. The van der Waals surface area contributed by atoms with Gasteiger partial charge in [0.05, 0.1) is 27.9 Å². The van der Waals surface area contributed by atoms with Crippen LogP contribution in [0.3, 0.4) is 0 Å². The largest absolute Gasteiger partial charge is 0.496 e. The molecule has 0 spiro atoms. The number of ether oxygens (including phenoxy) is 3. The normalized spacial score (nSPS) is 10.5. The summed E-state index contributed by atoms with van der Waals surface area (Å²) in [5.41, 5.74) is 2.15. The van der Waals surface area contributed by atoms with Gasteiger partial charge in [-0.2, -0.15) is 4.80 Å². The number of carbonyl (C=O) groups is 1. The number of rotatable bonds is 7. The van der Waals surface area contributed by atoms with Gasteiger partial charge in [-0.05, 0) is 48.5 Å². The van der Waals surface area contributed by atoms with Gasteiger partial charge in [-0.15, -0.1) is 10.2 Å². The van der Waals surface area contributed by atoms with Crippen molar-refractivity contribution in [1.82, 2.24) is 20.2 Å². The van der Waals surface area contributed by atoms with Crippen LogP contribution in [-0.4, -0.2) is 47.3 Å². The number of hydrogen-bond donors (Lipinski definition) is 0. The fraction of sp³-hybridized carbons (Fsp3) is 0.263. The van der Waals surface area contributed by atoms with Crippen LogP contribution in [0.15, 0.2) is 36.4 Å². The number of Topliss-reactive ketones (excluding diaryl/α,β-unsaturated/α-hetero) is 1. The Morgan fingerprint density at radius 2 is 1.67 bits per heavy atom. The molecule has 0 amide bonds. The van der Waals surface area contributed by atoms with Gasteiger partial charge in [0.15, 0.2) is 17.3 Å². The van der Waals surface area contributed by atoms with E-state index in [1.807, 2.05) is 6.07 Å². The first-order chi connectivity index (χ1) is 13.0. The second-order valence-electron chi connectivity index (χ2n) is 5.80. The molecule has 0 fully saturated rings. The summed E-state index contributed by atoms with van der Waals surface area (Å²) in [6, 6.07) is 10.7.